The van der Waals surface area contributed by atoms with Crippen LogP contribution in [0.25, 0.3) is 0 Å². The van der Waals surface area contributed by atoms with E-state index < -0.39 is 114 Å². The molecule has 0 amide bonds. The first kappa shape index (κ1) is 48.2. The fourth-order valence-corrected chi connectivity index (χ4v) is 11.7. The predicted molar refractivity (Wildman–Crippen MR) is 233 cm³/mol. The van der Waals surface area contributed by atoms with Gasteiger partial charge in [-0.3, -0.25) is 4.79 Å². The zero-order chi connectivity index (χ0) is 47.4. The van der Waals surface area contributed by atoms with Gasteiger partial charge in [-0.05, 0) is 95.2 Å². The molecule has 1 spiro atoms. The van der Waals surface area contributed by atoms with Crippen LogP contribution in [-0.4, -0.2) is 110 Å². The summed E-state index contributed by atoms with van der Waals surface area (Å²) in [5, 5.41) is 54.7. The molecule has 4 heterocycles. The number of aliphatic hydroxyl groups is 3. The van der Waals surface area contributed by atoms with E-state index in [1.807, 2.05) is 19.1 Å². The monoisotopic (exact) mass is 940 g/mol. The minimum atomic E-state index is -1.62. The van der Waals surface area contributed by atoms with Crippen molar-refractivity contribution in [2.75, 3.05) is 0 Å². The molecule has 0 aromatic heterocycles. The quantitative estimate of drug-likeness (QED) is 0.109. The first-order valence-electron chi connectivity index (χ1n) is 23.2. The highest BCUT2D eigenvalue weighted by Gasteiger charge is 2.60. The molecule has 0 radical (unpaired) electrons. The van der Waals surface area contributed by atoms with Crippen molar-refractivity contribution in [3.63, 3.8) is 0 Å². The van der Waals surface area contributed by atoms with Gasteiger partial charge < -0.3 is 58.7 Å². The van der Waals surface area contributed by atoms with Crippen LogP contribution in [0, 0.1) is 41.9 Å². The Hall–Kier alpha value is -4.29. The number of carbonyl (C=O) groups excluding carboxylic acids is 3. The van der Waals surface area contributed by atoms with E-state index in [-0.39, 0.29) is 58.9 Å². The number of benzene rings is 1. The van der Waals surface area contributed by atoms with E-state index in [0.29, 0.717) is 37.7 Å². The summed E-state index contributed by atoms with van der Waals surface area (Å²) in [6.45, 7) is 8.47. The number of phenolic OH excluding ortho intramolecular Hbond substituents is 1. The highest BCUT2D eigenvalue weighted by molar-refractivity contribution is 6.32. The number of aliphatic hydroxyl groups excluding tert-OH is 3. The van der Waals surface area contributed by atoms with Crippen molar-refractivity contribution in [1.82, 2.24) is 0 Å². The number of carbonyl (C=O) groups is 4. The second-order valence-electron chi connectivity index (χ2n) is 19.4. The average Bonchev–Trinajstić information content (AvgIpc) is 3.48. The number of aromatic hydroxyl groups is 1. The second kappa shape index (κ2) is 19.0. The van der Waals surface area contributed by atoms with Gasteiger partial charge in [0.25, 0.3) is 5.76 Å². The number of carboxylic acids is 1. The Balaban J connectivity index is 0.954. The number of phenols is 1. The summed E-state index contributed by atoms with van der Waals surface area (Å²) >= 11 is 6.19. The Kier molecular flexibility index (Phi) is 13.9. The number of ether oxygens (including phenoxy) is 7. The number of aliphatic carboxylic acids is 1. The number of hydrogen-bond donors (Lipinski definition) is 5. The van der Waals surface area contributed by atoms with Gasteiger partial charge in [0.05, 0.1) is 29.8 Å². The molecular formula is C49H61ClO16. The van der Waals surface area contributed by atoms with Crippen LogP contribution >= 0.6 is 11.6 Å². The number of allylic oxidation sites excluding steroid dienone is 2. The molecule has 4 aliphatic heterocycles. The van der Waals surface area contributed by atoms with Crippen LogP contribution in [0.1, 0.15) is 108 Å². The molecule has 360 valence electrons. The third kappa shape index (κ3) is 8.83. The van der Waals surface area contributed by atoms with E-state index in [0.717, 1.165) is 12.8 Å². The van der Waals surface area contributed by atoms with Crippen molar-refractivity contribution in [2.24, 2.45) is 35.0 Å². The average molecular weight is 941 g/mol. The molecule has 1 saturated carbocycles. The lowest BCUT2D eigenvalue weighted by atomic mass is 9.55. The zero-order valence-corrected chi connectivity index (χ0v) is 38.6. The maximum atomic E-state index is 14.7. The minimum Gasteiger partial charge on any atom is -0.507 e. The van der Waals surface area contributed by atoms with E-state index >= 15 is 0 Å². The Morgan fingerprint density at radius 1 is 0.894 bits per heavy atom. The van der Waals surface area contributed by atoms with Gasteiger partial charge in [-0.15, -0.1) is 0 Å². The summed E-state index contributed by atoms with van der Waals surface area (Å²) in [5.41, 5.74) is -2.41. The van der Waals surface area contributed by atoms with Gasteiger partial charge in [0.1, 0.15) is 29.6 Å². The lowest BCUT2D eigenvalue weighted by Gasteiger charge is -2.51. The summed E-state index contributed by atoms with van der Waals surface area (Å²) < 4.78 is 42.8. The highest BCUT2D eigenvalue weighted by atomic mass is 35.5. The van der Waals surface area contributed by atoms with E-state index in [1.54, 1.807) is 33.8 Å². The van der Waals surface area contributed by atoms with E-state index in [1.165, 1.54) is 18.2 Å². The molecule has 5 N–H and O–H groups in total. The molecule has 8 rings (SSSR count). The van der Waals surface area contributed by atoms with Crippen LogP contribution in [0.2, 0.25) is 5.02 Å². The second-order valence-corrected chi connectivity index (χ2v) is 19.8. The van der Waals surface area contributed by atoms with Crippen molar-refractivity contribution in [3.05, 3.63) is 75.8 Å². The Morgan fingerprint density at radius 3 is 2.38 bits per heavy atom. The molecule has 3 aliphatic carbocycles. The lowest BCUT2D eigenvalue weighted by molar-refractivity contribution is -0.318. The SMILES string of the molecule is Cc1c(Cl)ccc(O)c1C(=O)OC1CC(OC2C(O)CC(OC3CCCC4C3C=CC3CCCCC=CC5C=C(C(=O)O)C(C)CC56OC(=O)C(=C6O)OC(=O)C34C)OC2C)OC(C)C1O. The maximum Gasteiger partial charge on any atom is 0.379 e. The van der Waals surface area contributed by atoms with E-state index in [9.17, 15) is 44.7 Å². The Labute approximate surface area is 388 Å². The van der Waals surface area contributed by atoms with Crippen LogP contribution in [0.5, 0.6) is 5.75 Å². The van der Waals surface area contributed by atoms with Gasteiger partial charge in [-0.2, -0.15) is 0 Å². The van der Waals surface area contributed by atoms with Gasteiger partial charge in [-0.1, -0.05) is 61.7 Å². The van der Waals surface area contributed by atoms with E-state index in [2.05, 4.69) is 6.08 Å². The Bertz CT molecular complexity index is 2190. The first-order valence-corrected chi connectivity index (χ1v) is 23.6. The summed E-state index contributed by atoms with van der Waals surface area (Å²) in [4.78, 5) is 53.6. The van der Waals surface area contributed by atoms with Crippen LogP contribution in [-0.2, 0) is 47.5 Å². The first-order chi connectivity index (χ1) is 31.3. The molecular weight excluding hydrogens is 880 g/mol. The van der Waals surface area contributed by atoms with E-state index in [4.69, 9.17) is 44.8 Å². The normalized spacial score (nSPS) is 40.5. The van der Waals surface area contributed by atoms with Crippen LogP contribution in [0.15, 0.2) is 59.6 Å². The summed E-state index contributed by atoms with van der Waals surface area (Å²) in [5.74, 6) is -7.22. The smallest absolute Gasteiger partial charge is 0.379 e. The molecule has 16 nitrogen and oxygen atoms in total. The van der Waals surface area contributed by atoms with Crippen molar-refractivity contribution in [1.29, 1.82) is 0 Å². The van der Waals surface area contributed by atoms with Crippen LogP contribution < -0.4 is 0 Å². The molecule has 2 bridgehead atoms. The number of hydrogen-bond acceptors (Lipinski definition) is 15. The fourth-order valence-electron chi connectivity index (χ4n) is 11.5. The topological polar surface area (TPSA) is 234 Å². The number of carboxylic acid groups (broad SMARTS) is 1. The summed E-state index contributed by atoms with van der Waals surface area (Å²) in [6, 6.07) is 2.75. The zero-order valence-electron chi connectivity index (χ0n) is 37.8. The molecule has 17 heteroatoms. The van der Waals surface area contributed by atoms with Crippen molar-refractivity contribution >= 4 is 35.5 Å². The van der Waals surface area contributed by atoms with Gasteiger partial charge >= 0.3 is 23.9 Å². The Morgan fingerprint density at radius 2 is 1.64 bits per heavy atom. The van der Waals surface area contributed by atoms with Crippen molar-refractivity contribution in [3.8, 4) is 5.75 Å². The van der Waals surface area contributed by atoms with Crippen molar-refractivity contribution in [2.45, 2.75) is 160 Å². The fraction of sp³-hybridized carbons (Fsp3) is 0.633. The molecule has 16 atom stereocenters. The molecule has 2 saturated heterocycles. The summed E-state index contributed by atoms with van der Waals surface area (Å²) in [6.07, 6.45) is 6.18. The number of rotatable bonds is 7. The molecule has 7 aliphatic rings. The minimum absolute atomic E-state index is 0.0120. The third-order valence-electron chi connectivity index (χ3n) is 15.2. The molecule has 66 heavy (non-hydrogen) atoms. The largest absolute Gasteiger partial charge is 0.507 e. The van der Waals surface area contributed by atoms with Gasteiger partial charge in [-0.25, -0.2) is 14.4 Å². The number of esters is 3. The molecule has 1 aromatic carbocycles. The molecule has 1 aromatic rings. The third-order valence-corrected chi connectivity index (χ3v) is 15.7. The molecule has 16 unspecified atom stereocenters. The number of fused-ring (bicyclic) bond motifs is 3. The lowest BCUT2D eigenvalue weighted by Crippen LogP contribution is -2.56. The van der Waals surface area contributed by atoms with Crippen molar-refractivity contribution < 1.29 is 77.9 Å². The number of halogens is 1. The van der Waals surface area contributed by atoms with Gasteiger partial charge in [0.2, 0.25) is 0 Å². The maximum absolute atomic E-state index is 14.7. The van der Waals surface area contributed by atoms with Crippen LogP contribution in [0.3, 0.4) is 0 Å². The van der Waals surface area contributed by atoms with Gasteiger partial charge in [0.15, 0.2) is 23.9 Å². The highest BCUT2D eigenvalue weighted by Crippen LogP contribution is 2.55. The molecule has 3 fully saturated rings. The predicted octanol–water partition coefficient (Wildman–Crippen LogP) is 6.66. The summed E-state index contributed by atoms with van der Waals surface area (Å²) in [7, 11) is 0. The van der Waals surface area contributed by atoms with Gasteiger partial charge in [0, 0.05) is 41.7 Å². The van der Waals surface area contributed by atoms with Crippen LogP contribution in [0.4, 0.5) is 0 Å². The standard InChI is InChI=1S/C49H61ClO16/c1-23-22-49-28(19-30(23)44(55)56)12-9-7-6-8-11-27-15-16-29-31(48(27,5)47(59)65-42(43(49)54)46(58)66-49)13-10-14-35(29)62-37-20-34(52)41(26(4)61-37)64-38-21-36(40(53)25(3)60-38)63-45(57)39-24(2)32(50)17-18-33(39)51/h9,12,15-19,23,25-29,31,34-38,40-41,51-54H,6-8,10-11,13-14,20-22H2,1-5H3,(H,55,56).